The molecule has 1 amide bonds. The van der Waals surface area contributed by atoms with Gasteiger partial charge in [-0.05, 0) is 38.5 Å². The van der Waals surface area contributed by atoms with Crippen LogP contribution < -0.4 is 5.32 Å². The fraction of sp³-hybridized carbons (Fsp3) is 0.267. The van der Waals surface area contributed by atoms with Crippen LogP contribution in [0, 0.1) is 13.8 Å². The van der Waals surface area contributed by atoms with E-state index in [-0.39, 0.29) is 12.5 Å². The first-order valence-corrected chi connectivity index (χ1v) is 7.84. The van der Waals surface area contributed by atoms with Crippen molar-refractivity contribution in [2.45, 2.75) is 20.8 Å². The number of carbonyl (C=O) groups excluding carboxylic acids is 2. The second-order valence-electron chi connectivity index (χ2n) is 4.59. The van der Waals surface area contributed by atoms with E-state index in [1.807, 2.05) is 6.92 Å². The summed E-state index contributed by atoms with van der Waals surface area (Å²) in [7, 11) is 0. The molecule has 0 unspecified atom stereocenters. The van der Waals surface area contributed by atoms with Gasteiger partial charge in [0.25, 0.3) is 5.91 Å². The minimum absolute atomic E-state index is 0.289. The maximum atomic E-state index is 12.2. The van der Waals surface area contributed by atoms with Gasteiger partial charge in [-0.1, -0.05) is 29.0 Å². The molecule has 1 N–H and O–H groups in total. The first kappa shape index (κ1) is 16.5. The Hall–Kier alpha value is -1.92. The summed E-state index contributed by atoms with van der Waals surface area (Å²) in [6.07, 6.45) is 0. The van der Waals surface area contributed by atoms with Gasteiger partial charge in [0, 0.05) is 0 Å². The summed E-state index contributed by atoms with van der Waals surface area (Å²) >= 11 is 7.15. The molecule has 0 saturated carbocycles. The van der Waals surface area contributed by atoms with Crippen molar-refractivity contribution in [2.75, 3.05) is 11.9 Å². The minimum Gasteiger partial charge on any atom is -0.462 e. The van der Waals surface area contributed by atoms with Crippen molar-refractivity contribution in [3.63, 3.8) is 0 Å². The molecule has 0 bridgehead atoms. The zero-order valence-corrected chi connectivity index (χ0v) is 14.0. The van der Waals surface area contributed by atoms with Crippen LogP contribution in [0.15, 0.2) is 18.2 Å². The Morgan fingerprint density at radius 1 is 1.36 bits per heavy atom. The number of rotatable bonds is 4. The summed E-state index contributed by atoms with van der Waals surface area (Å²) in [6, 6.07) is 5.17. The highest BCUT2D eigenvalue weighted by Gasteiger charge is 2.18. The second-order valence-corrected chi connectivity index (χ2v) is 6.00. The Bertz CT molecular complexity index is 728. The molecular formula is C15H15ClN2O3S. The number of hydrogen-bond acceptors (Lipinski definition) is 5. The van der Waals surface area contributed by atoms with Crippen molar-refractivity contribution >= 4 is 39.9 Å². The van der Waals surface area contributed by atoms with Gasteiger partial charge in [0.1, 0.15) is 4.88 Å². The van der Waals surface area contributed by atoms with E-state index in [9.17, 15) is 9.59 Å². The van der Waals surface area contributed by atoms with Gasteiger partial charge in [0.05, 0.1) is 22.9 Å². The van der Waals surface area contributed by atoms with Crippen molar-refractivity contribution in [2.24, 2.45) is 0 Å². The number of carbonyl (C=O) groups is 2. The lowest BCUT2D eigenvalue weighted by Crippen LogP contribution is -2.12. The molecule has 0 aliphatic heterocycles. The number of ether oxygens (including phenoxy) is 1. The van der Waals surface area contributed by atoms with Gasteiger partial charge in [-0.3, -0.25) is 10.1 Å². The third-order valence-electron chi connectivity index (χ3n) is 2.85. The number of aromatic nitrogens is 1. The van der Waals surface area contributed by atoms with Crippen LogP contribution in [0.1, 0.15) is 38.2 Å². The van der Waals surface area contributed by atoms with Crippen LogP contribution in [-0.2, 0) is 4.74 Å². The molecule has 7 heteroatoms. The third kappa shape index (κ3) is 3.64. The summed E-state index contributed by atoms with van der Waals surface area (Å²) in [4.78, 5) is 28.5. The number of esters is 1. The van der Waals surface area contributed by atoms with Gasteiger partial charge in [-0.25, -0.2) is 9.78 Å². The predicted molar refractivity (Wildman–Crippen MR) is 86.9 cm³/mol. The summed E-state index contributed by atoms with van der Waals surface area (Å²) in [5.74, 6) is -0.805. The van der Waals surface area contributed by atoms with Crippen molar-refractivity contribution in [1.82, 2.24) is 4.98 Å². The van der Waals surface area contributed by atoms with E-state index >= 15 is 0 Å². The highest BCUT2D eigenvalue weighted by molar-refractivity contribution is 7.17. The molecule has 5 nitrogen and oxygen atoms in total. The molecule has 0 aliphatic carbocycles. The Morgan fingerprint density at radius 3 is 2.73 bits per heavy atom. The van der Waals surface area contributed by atoms with Crippen molar-refractivity contribution < 1.29 is 14.3 Å². The van der Waals surface area contributed by atoms with E-state index in [1.54, 1.807) is 32.0 Å². The molecule has 0 aliphatic rings. The molecule has 2 aromatic rings. The predicted octanol–water partition coefficient (Wildman–Crippen LogP) is 3.84. The minimum atomic E-state index is -0.439. The number of thiazole rings is 1. The molecule has 1 aromatic heterocycles. The Kier molecular flexibility index (Phi) is 5.15. The number of aryl methyl sites for hydroxylation is 2. The van der Waals surface area contributed by atoms with Gasteiger partial charge in [-0.15, -0.1) is 0 Å². The molecule has 0 spiro atoms. The number of amides is 1. The van der Waals surface area contributed by atoms with E-state index < -0.39 is 5.97 Å². The van der Waals surface area contributed by atoms with Crippen LogP contribution in [0.5, 0.6) is 0 Å². The van der Waals surface area contributed by atoms with Crippen molar-refractivity contribution in [3.05, 3.63) is 44.9 Å². The number of benzene rings is 1. The zero-order valence-electron chi connectivity index (χ0n) is 12.4. The van der Waals surface area contributed by atoms with E-state index in [0.717, 1.165) is 16.9 Å². The lowest BCUT2D eigenvalue weighted by molar-refractivity contribution is 0.0531. The Morgan fingerprint density at radius 2 is 2.09 bits per heavy atom. The average Bonchev–Trinajstić information content (AvgIpc) is 2.79. The molecule has 1 heterocycles. The topological polar surface area (TPSA) is 68.3 Å². The normalized spacial score (nSPS) is 10.4. The van der Waals surface area contributed by atoms with Crippen LogP contribution in [0.2, 0.25) is 5.02 Å². The monoisotopic (exact) mass is 338 g/mol. The molecule has 1 aromatic carbocycles. The number of nitrogens with zero attached hydrogens (tertiary/aromatic N) is 1. The summed E-state index contributed by atoms with van der Waals surface area (Å²) in [6.45, 7) is 5.60. The largest absolute Gasteiger partial charge is 0.462 e. The molecular weight excluding hydrogens is 324 g/mol. The average molecular weight is 339 g/mol. The number of anilines is 1. The molecule has 0 atom stereocenters. The van der Waals surface area contributed by atoms with Gasteiger partial charge < -0.3 is 4.74 Å². The first-order valence-electron chi connectivity index (χ1n) is 6.64. The van der Waals surface area contributed by atoms with Crippen LogP contribution in [0.3, 0.4) is 0 Å². The van der Waals surface area contributed by atoms with Crippen molar-refractivity contribution in [1.29, 1.82) is 0 Å². The van der Waals surface area contributed by atoms with Crippen LogP contribution in [-0.4, -0.2) is 23.5 Å². The fourth-order valence-corrected chi connectivity index (χ4v) is 2.98. The second kappa shape index (κ2) is 6.89. The Balaban J connectivity index is 2.18. The molecule has 2 rings (SSSR count). The van der Waals surface area contributed by atoms with Crippen LogP contribution in [0.25, 0.3) is 0 Å². The lowest BCUT2D eigenvalue weighted by Gasteiger charge is -2.04. The van der Waals surface area contributed by atoms with Gasteiger partial charge in [-0.2, -0.15) is 0 Å². The standard InChI is InChI=1S/C15H15ClN2O3S/c1-4-21-14(20)12-9(3)17-15(22-12)18-13(19)10-6-5-8(2)7-11(10)16/h5-7H,4H2,1-3H3,(H,17,18,19). The third-order valence-corrected chi connectivity index (χ3v) is 4.21. The smallest absolute Gasteiger partial charge is 0.350 e. The number of hydrogen-bond donors (Lipinski definition) is 1. The molecule has 0 fully saturated rings. The summed E-state index contributed by atoms with van der Waals surface area (Å²) < 4.78 is 4.94. The van der Waals surface area contributed by atoms with Gasteiger partial charge in [0.2, 0.25) is 0 Å². The van der Waals surface area contributed by atoms with E-state index in [4.69, 9.17) is 16.3 Å². The molecule has 22 heavy (non-hydrogen) atoms. The maximum Gasteiger partial charge on any atom is 0.350 e. The fourth-order valence-electron chi connectivity index (χ4n) is 1.80. The van der Waals surface area contributed by atoms with E-state index in [1.165, 1.54) is 0 Å². The highest BCUT2D eigenvalue weighted by atomic mass is 35.5. The SMILES string of the molecule is CCOC(=O)c1sc(NC(=O)c2ccc(C)cc2Cl)nc1C. The molecule has 0 radical (unpaired) electrons. The van der Waals surface area contributed by atoms with Crippen LogP contribution >= 0.6 is 22.9 Å². The van der Waals surface area contributed by atoms with Gasteiger partial charge >= 0.3 is 5.97 Å². The lowest BCUT2D eigenvalue weighted by atomic mass is 10.1. The van der Waals surface area contributed by atoms with Crippen LogP contribution in [0.4, 0.5) is 5.13 Å². The summed E-state index contributed by atoms with van der Waals surface area (Å²) in [5, 5.41) is 3.36. The van der Waals surface area contributed by atoms with Gasteiger partial charge in [0.15, 0.2) is 5.13 Å². The van der Waals surface area contributed by atoms with E-state index in [0.29, 0.717) is 26.3 Å². The maximum absolute atomic E-state index is 12.2. The van der Waals surface area contributed by atoms with E-state index in [2.05, 4.69) is 10.3 Å². The quantitative estimate of drug-likeness (QED) is 0.860. The first-order chi connectivity index (χ1) is 10.4. The number of halogens is 1. The van der Waals surface area contributed by atoms with Crippen molar-refractivity contribution in [3.8, 4) is 0 Å². The number of nitrogens with one attached hydrogen (secondary N) is 1. The molecule has 116 valence electrons. The summed E-state index contributed by atoms with van der Waals surface area (Å²) in [5.41, 5.74) is 1.85. The Labute approximate surface area is 137 Å². The zero-order chi connectivity index (χ0) is 16.3. The highest BCUT2D eigenvalue weighted by Crippen LogP contribution is 2.25. The molecule has 0 saturated heterocycles.